The van der Waals surface area contributed by atoms with Crippen molar-refractivity contribution in [2.24, 2.45) is 11.7 Å². The van der Waals surface area contributed by atoms with E-state index in [2.05, 4.69) is 11.8 Å². The van der Waals surface area contributed by atoms with E-state index >= 15 is 0 Å². The molecule has 0 saturated carbocycles. The monoisotopic (exact) mass is 266 g/mol. The lowest BCUT2D eigenvalue weighted by Crippen LogP contribution is -2.21. The van der Waals surface area contributed by atoms with Crippen LogP contribution in [0.15, 0.2) is 18.2 Å². The lowest BCUT2D eigenvalue weighted by molar-refractivity contribution is 0.529. The molecule has 2 rings (SSSR count). The molecule has 0 amide bonds. The highest BCUT2D eigenvalue weighted by atomic mass is 32.1. The quantitative estimate of drug-likeness (QED) is 0.849. The van der Waals surface area contributed by atoms with Crippen molar-refractivity contribution in [3.05, 3.63) is 29.6 Å². The second-order valence-electron chi connectivity index (χ2n) is 4.92. The Kier molecular flexibility index (Phi) is 4.17. The Morgan fingerprint density at radius 3 is 2.94 bits per heavy atom. The second-order valence-corrected chi connectivity index (χ2v) is 5.36. The van der Waals surface area contributed by atoms with Gasteiger partial charge in [0.05, 0.1) is 5.69 Å². The maximum absolute atomic E-state index is 14.0. The van der Waals surface area contributed by atoms with Gasteiger partial charge >= 0.3 is 0 Å². The highest BCUT2D eigenvalue weighted by molar-refractivity contribution is 7.80. The van der Waals surface area contributed by atoms with Crippen LogP contribution in [-0.4, -0.2) is 18.1 Å². The Balaban J connectivity index is 2.12. The summed E-state index contributed by atoms with van der Waals surface area (Å²) in [6.07, 6.45) is 3.58. The minimum absolute atomic E-state index is 0.225. The van der Waals surface area contributed by atoms with E-state index in [1.807, 2.05) is 0 Å². The smallest absolute Gasteiger partial charge is 0.147 e. The van der Waals surface area contributed by atoms with E-state index in [4.69, 9.17) is 18.0 Å². The molecule has 1 atom stereocenters. The van der Waals surface area contributed by atoms with Crippen molar-refractivity contribution in [2.75, 3.05) is 18.0 Å². The Morgan fingerprint density at radius 2 is 2.33 bits per heavy atom. The summed E-state index contributed by atoms with van der Waals surface area (Å²) in [6, 6.07) is 5.02. The van der Waals surface area contributed by atoms with Crippen LogP contribution >= 0.6 is 12.2 Å². The summed E-state index contributed by atoms with van der Waals surface area (Å²) < 4.78 is 14.0. The van der Waals surface area contributed by atoms with E-state index in [0.717, 1.165) is 19.5 Å². The fraction of sp³-hybridized carbons (Fsp3) is 0.500. The van der Waals surface area contributed by atoms with Crippen molar-refractivity contribution in [1.82, 2.24) is 0 Å². The zero-order valence-electron chi connectivity index (χ0n) is 10.7. The van der Waals surface area contributed by atoms with Crippen LogP contribution in [0, 0.1) is 11.7 Å². The van der Waals surface area contributed by atoms with Crippen LogP contribution in [0.2, 0.25) is 0 Å². The fourth-order valence-corrected chi connectivity index (χ4v) is 2.74. The molecule has 0 radical (unpaired) electrons. The summed E-state index contributed by atoms with van der Waals surface area (Å²) in [4.78, 5) is 2.37. The number of hydrogen-bond donors (Lipinski definition) is 1. The summed E-state index contributed by atoms with van der Waals surface area (Å²) in [7, 11) is 0. The molecule has 1 aromatic carbocycles. The number of benzene rings is 1. The molecular formula is C14H19FN2S. The lowest BCUT2D eigenvalue weighted by Gasteiger charge is -2.19. The van der Waals surface area contributed by atoms with E-state index in [0.29, 0.717) is 17.2 Å². The molecule has 18 heavy (non-hydrogen) atoms. The molecule has 1 heterocycles. The zero-order valence-corrected chi connectivity index (χ0v) is 11.5. The van der Waals surface area contributed by atoms with E-state index in [1.165, 1.54) is 18.9 Å². The molecule has 0 spiro atoms. The molecule has 0 aliphatic carbocycles. The van der Waals surface area contributed by atoms with Gasteiger partial charge in [0, 0.05) is 18.7 Å². The lowest BCUT2D eigenvalue weighted by atomic mass is 10.0. The number of nitrogens with zero attached hydrogens (tertiary/aromatic N) is 1. The van der Waals surface area contributed by atoms with Crippen molar-refractivity contribution < 1.29 is 4.39 Å². The standard InChI is InChI=1S/C14H19FN2S/c1-2-3-10-6-7-17(9-10)13-5-4-11(14(16)18)8-12(13)15/h4-5,8,10H,2-3,6-7,9H2,1H3,(H2,16,18). The molecule has 4 heteroatoms. The van der Waals surface area contributed by atoms with E-state index in [9.17, 15) is 4.39 Å². The van der Waals surface area contributed by atoms with Gasteiger partial charge in [0.2, 0.25) is 0 Å². The van der Waals surface area contributed by atoms with Crippen LogP contribution in [0.5, 0.6) is 0 Å². The van der Waals surface area contributed by atoms with Crippen molar-refractivity contribution in [2.45, 2.75) is 26.2 Å². The van der Waals surface area contributed by atoms with Crippen LogP contribution in [0.4, 0.5) is 10.1 Å². The van der Waals surface area contributed by atoms with E-state index in [1.54, 1.807) is 12.1 Å². The summed E-state index contributed by atoms with van der Waals surface area (Å²) in [6.45, 7) is 4.09. The van der Waals surface area contributed by atoms with Crippen LogP contribution in [0.3, 0.4) is 0 Å². The number of thiocarbonyl (C=S) groups is 1. The third kappa shape index (κ3) is 2.80. The summed E-state index contributed by atoms with van der Waals surface area (Å²) in [5.74, 6) is 0.474. The highest BCUT2D eigenvalue weighted by Crippen LogP contribution is 2.28. The molecular weight excluding hydrogens is 247 g/mol. The van der Waals surface area contributed by atoms with Crippen LogP contribution in [0.1, 0.15) is 31.7 Å². The minimum Gasteiger partial charge on any atom is -0.389 e. The molecule has 1 aliphatic heterocycles. The molecule has 1 unspecified atom stereocenters. The number of anilines is 1. The van der Waals surface area contributed by atoms with Gasteiger partial charge in [0.1, 0.15) is 10.8 Å². The first-order valence-corrected chi connectivity index (χ1v) is 6.87. The maximum atomic E-state index is 14.0. The predicted octanol–water partition coefficient (Wildman–Crippen LogP) is 3.09. The van der Waals surface area contributed by atoms with Gasteiger partial charge in [0.25, 0.3) is 0 Å². The van der Waals surface area contributed by atoms with Crippen molar-refractivity contribution in [1.29, 1.82) is 0 Å². The highest BCUT2D eigenvalue weighted by Gasteiger charge is 2.23. The first kappa shape index (κ1) is 13.3. The van der Waals surface area contributed by atoms with Gasteiger partial charge in [-0.25, -0.2) is 4.39 Å². The number of nitrogens with two attached hydrogens (primary N) is 1. The first-order valence-electron chi connectivity index (χ1n) is 6.46. The number of rotatable bonds is 4. The first-order chi connectivity index (χ1) is 8.61. The summed E-state index contributed by atoms with van der Waals surface area (Å²) in [5.41, 5.74) is 6.77. The van der Waals surface area contributed by atoms with Crippen molar-refractivity contribution >= 4 is 22.9 Å². The average Bonchev–Trinajstić information content (AvgIpc) is 2.77. The molecule has 0 bridgehead atoms. The third-order valence-electron chi connectivity index (χ3n) is 3.56. The molecule has 2 N–H and O–H groups in total. The van der Waals surface area contributed by atoms with Crippen LogP contribution in [-0.2, 0) is 0 Å². The fourth-order valence-electron chi connectivity index (χ4n) is 2.61. The summed E-state index contributed by atoms with van der Waals surface area (Å²) in [5, 5.41) is 0. The summed E-state index contributed by atoms with van der Waals surface area (Å²) >= 11 is 4.85. The SMILES string of the molecule is CCCC1CCN(c2ccc(C(N)=S)cc2F)C1. The van der Waals surface area contributed by atoms with Gasteiger partial charge < -0.3 is 10.6 Å². The molecule has 1 fully saturated rings. The Bertz CT molecular complexity index is 447. The molecule has 0 aromatic heterocycles. The molecule has 2 nitrogen and oxygen atoms in total. The second kappa shape index (κ2) is 5.65. The molecule has 1 aromatic rings. The van der Waals surface area contributed by atoms with Gasteiger partial charge in [-0.2, -0.15) is 0 Å². The predicted molar refractivity (Wildman–Crippen MR) is 77.5 cm³/mol. The largest absolute Gasteiger partial charge is 0.389 e. The van der Waals surface area contributed by atoms with Gasteiger partial charge in [-0.1, -0.05) is 25.6 Å². The van der Waals surface area contributed by atoms with Gasteiger partial charge in [-0.3, -0.25) is 0 Å². The Labute approximate surface area is 113 Å². The molecule has 1 saturated heterocycles. The molecule has 1 aliphatic rings. The minimum atomic E-state index is -0.225. The number of halogens is 1. The Hall–Kier alpha value is -1.16. The van der Waals surface area contributed by atoms with Crippen molar-refractivity contribution in [3.8, 4) is 0 Å². The zero-order chi connectivity index (χ0) is 13.1. The van der Waals surface area contributed by atoms with E-state index < -0.39 is 0 Å². The van der Waals surface area contributed by atoms with Gasteiger partial charge in [-0.15, -0.1) is 0 Å². The van der Waals surface area contributed by atoms with E-state index in [-0.39, 0.29) is 10.8 Å². The topological polar surface area (TPSA) is 29.3 Å². The average molecular weight is 266 g/mol. The van der Waals surface area contributed by atoms with Gasteiger partial charge in [-0.05, 0) is 37.0 Å². The van der Waals surface area contributed by atoms with Crippen molar-refractivity contribution in [3.63, 3.8) is 0 Å². The van der Waals surface area contributed by atoms with Gasteiger partial charge in [0.15, 0.2) is 0 Å². The Morgan fingerprint density at radius 1 is 1.56 bits per heavy atom. The maximum Gasteiger partial charge on any atom is 0.147 e. The third-order valence-corrected chi connectivity index (χ3v) is 3.79. The normalized spacial score (nSPS) is 19.2. The van der Waals surface area contributed by atoms with Crippen LogP contribution in [0.25, 0.3) is 0 Å². The van der Waals surface area contributed by atoms with Crippen LogP contribution < -0.4 is 10.6 Å². The molecule has 98 valence electrons. The number of hydrogen-bond acceptors (Lipinski definition) is 2.